The van der Waals surface area contributed by atoms with Crippen molar-refractivity contribution in [1.82, 2.24) is 10.3 Å². The lowest BCUT2D eigenvalue weighted by molar-refractivity contribution is -0.137. The number of methoxy groups -OCH3 is 1. The van der Waals surface area contributed by atoms with Crippen LogP contribution in [0, 0.1) is 0 Å². The molecule has 0 aliphatic heterocycles. The van der Waals surface area contributed by atoms with Crippen LogP contribution in [0.4, 0.5) is 23.7 Å². The Hall–Kier alpha value is -2.97. The lowest BCUT2D eigenvalue weighted by Gasteiger charge is -2.29. The molecule has 1 saturated carbocycles. The number of pyridine rings is 1. The quantitative estimate of drug-likeness (QED) is 0.756. The van der Waals surface area contributed by atoms with Gasteiger partial charge in [-0.2, -0.15) is 13.2 Å². The first-order valence-electron chi connectivity index (χ1n) is 9.25. The molecule has 0 bridgehead atoms. The van der Waals surface area contributed by atoms with Crippen LogP contribution in [0.1, 0.15) is 31.2 Å². The van der Waals surface area contributed by atoms with Gasteiger partial charge in [0.1, 0.15) is 11.9 Å². The molecule has 2 N–H and O–H groups in total. The number of amides is 2. The fourth-order valence-corrected chi connectivity index (χ4v) is 3.14. The maximum absolute atomic E-state index is 12.6. The van der Waals surface area contributed by atoms with E-state index < -0.39 is 11.7 Å². The van der Waals surface area contributed by atoms with Crippen molar-refractivity contribution in [3.8, 4) is 11.6 Å². The van der Waals surface area contributed by atoms with Crippen molar-refractivity contribution >= 4 is 11.7 Å². The Bertz CT molecular complexity index is 802. The van der Waals surface area contributed by atoms with Gasteiger partial charge in [0.15, 0.2) is 0 Å². The first-order chi connectivity index (χ1) is 13.8. The molecule has 1 aromatic heterocycles. The minimum absolute atomic E-state index is 0.00802. The number of alkyl halides is 3. The van der Waals surface area contributed by atoms with Crippen LogP contribution in [-0.4, -0.2) is 30.3 Å². The normalized spacial score (nSPS) is 19.3. The second-order valence-corrected chi connectivity index (χ2v) is 6.80. The number of urea groups is 1. The molecule has 1 aliphatic rings. The molecule has 0 spiro atoms. The minimum Gasteiger partial charge on any atom is -0.497 e. The van der Waals surface area contributed by atoms with Gasteiger partial charge >= 0.3 is 12.2 Å². The zero-order valence-electron chi connectivity index (χ0n) is 15.8. The molecular formula is C20H22F3N3O3. The molecule has 1 aromatic carbocycles. The number of rotatable bonds is 5. The summed E-state index contributed by atoms with van der Waals surface area (Å²) in [6, 6.07) is 8.92. The van der Waals surface area contributed by atoms with E-state index in [4.69, 9.17) is 9.47 Å². The maximum atomic E-state index is 12.6. The molecule has 3 rings (SSSR count). The predicted molar refractivity (Wildman–Crippen MR) is 101 cm³/mol. The molecule has 1 aliphatic carbocycles. The van der Waals surface area contributed by atoms with Crippen LogP contribution in [0.3, 0.4) is 0 Å². The van der Waals surface area contributed by atoms with Gasteiger partial charge in [-0.15, -0.1) is 0 Å². The third-order valence-corrected chi connectivity index (χ3v) is 4.71. The zero-order valence-corrected chi connectivity index (χ0v) is 15.8. The summed E-state index contributed by atoms with van der Waals surface area (Å²) in [6.07, 6.45) is -1.01. The van der Waals surface area contributed by atoms with Gasteiger partial charge in [0, 0.05) is 24.0 Å². The Kier molecular flexibility index (Phi) is 6.46. The van der Waals surface area contributed by atoms with Gasteiger partial charge in [-0.25, -0.2) is 9.78 Å². The molecule has 0 atom stereocenters. The fourth-order valence-electron chi connectivity index (χ4n) is 3.14. The first kappa shape index (κ1) is 20.8. The molecule has 2 amide bonds. The number of carbonyl (C=O) groups is 1. The van der Waals surface area contributed by atoms with Gasteiger partial charge in [-0.1, -0.05) is 0 Å². The Morgan fingerprint density at radius 1 is 1.07 bits per heavy atom. The number of hydrogen-bond acceptors (Lipinski definition) is 4. The van der Waals surface area contributed by atoms with Crippen LogP contribution in [0.2, 0.25) is 0 Å². The number of anilines is 1. The van der Waals surface area contributed by atoms with Gasteiger partial charge in [-0.3, -0.25) is 0 Å². The van der Waals surface area contributed by atoms with Gasteiger partial charge in [0.05, 0.1) is 12.7 Å². The summed E-state index contributed by atoms with van der Waals surface area (Å²) in [5.74, 6) is 0.878. The average Bonchev–Trinajstić information content (AvgIpc) is 2.70. The molecule has 1 heterocycles. The van der Waals surface area contributed by atoms with Crippen LogP contribution >= 0.6 is 0 Å². The molecule has 2 aromatic rings. The second kappa shape index (κ2) is 9.02. The lowest BCUT2D eigenvalue weighted by atomic mass is 9.93. The van der Waals surface area contributed by atoms with Gasteiger partial charge in [-0.05, 0) is 56.0 Å². The number of aromatic nitrogens is 1. The summed E-state index contributed by atoms with van der Waals surface area (Å²) < 4.78 is 48.5. The summed E-state index contributed by atoms with van der Waals surface area (Å²) in [7, 11) is 1.57. The van der Waals surface area contributed by atoms with Gasteiger partial charge < -0.3 is 20.1 Å². The van der Waals surface area contributed by atoms with Gasteiger partial charge in [0.2, 0.25) is 5.88 Å². The Labute approximate surface area is 166 Å². The van der Waals surface area contributed by atoms with Crippen molar-refractivity contribution in [2.45, 2.75) is 44.0 Å². The number of benzene rings is 1. The molecule has 1 fully saturated rings. The van der Waals surface area contributed by atoms with Crippen molar-refractivity contribution < 1.29 is 27.4 Å². The summed E-state index contributed by atoms with van der Waals surface area (Å²) >= 11 is 0. The smallest absolute Gasteiger partial charge is 0.417 e. The Balaban J connectivity index is 1.42. The number of nitrogens with zero attached hydrogens (tertiary/aromatic N) is 1. The Morgan fingerprint density at radius 3 is 2.31 bits per heavy atom. The van der Waals surface area contributed by atoms with E-state index in [0.29, 0.717) is 37.1 Å². The van der Waals surface area contributed by atoms with Crippen molar-refractivity contribution in [3.05, 3.63) is 48.2 Å². The SMILES string of the molecule is COc1ccc(NC(=O)NC2CCC(Oc3ccc(C(F)(F)F)cn3)CC2)cc1. The number of carbonyl (C=O) groups excluding carboxylic acids is 1. The Morgan fingerprint density at radius 2 is 1.76 bits per heavy atom. The largest absolute Gasteiger partial charge is 0.497 e. The van der Waals surface area contributed by atoms with Crippen molar-refractivity contribution in [2.24, 2.45) is 0 Å². The second-order valence-electron chi connectivity index (χ2n) is 6.80. The van der Waals surface area contributed by atoms with E-state index in [1.807, 2.05) is 0 Å². The monoisotopic (exact) mass is 409 g/mol. The molecule has 29 heavy (non-hydrogen) atoms. The molecule has 0 saturated heterocycles. The van der Waals surface area contributed by atoms with Gasteiger partial charge in [0.25, 0.3) is 0 Å². The molecule has 9 heteroatoms. The van der Waals surface area contributed by atoms with Crippen molar-refractivity contribution in [3.63, 3.8) is 0 Å². The standard InChI is InChI=1S/C20H22F3N3O3/c1-28-16-7-3-14(4-8-16)25-19(27)26-15-5-9-17(10-6-15)29-18-11-2-13(12-24-18)20(21,22)23/h2-4,7-8,11-12,15,17H,5-6,9-10H2,1H3,(H2,25,26,27). The minimum atomic E-state index is -4.42. The van der Waals surface area contributed by atoms with Crippen molar-refractivity contribution in [2.75, 3.05) is 12.4 Å². The van der Waals surface area contributed by atoms with E-state index in [9.17, 15) is 18.0 Å². The van der Waals surface area contributed by atoms with E-state index in [2.05, 4.69) is 15.6 Å². The van der Waals surface area contributed by atoms with Crippen LogP contribution in [0.25, 0.3) is 0 Å². The van der Waals surface area contributed by atoms with E-state index in [1.54, 1.807) is 31.4 Å². The molecule has 156 valence electrons. The maximum Gasteiger partial charge on any atom is 0.417 e. The van der Waals surface area contributed by atoms with E-state index in [-0.39, 0.29) is 24.1 Å². The van der Waals surface area contributed by atoms with E-state index >= 15 is 0 Å². The molecule has 6 nitrogen and oxygen atoms in total. The first-order valence-corrected chi connectivity index (χ1v) is 9.25. The average molecular weight is 409 g/mol. The topological polar surface area (TPSA) is 72.5 Å². The number of hydrogen-bond donors (Lipinski definition) is 2. The third-order valence-electron chi connectivity index (χ3n) is 4.71. The third kappa shape index (κ3) is 6.00. The van der Waals surface area contributed by atoms with E-state index in [1.165, 1.54) is 6.07 Å². The highest BCUT2D eigenvalue weighted by molar-refractivity contribution is 5.89. The number of halogens is 3. The highest BCUT2D eigenvalue weighted by Crippen LogP contribution is 2.30. The number of ether oxygens (including phenoxy) is 2. The van der Waals surface area contributed by atoms with Crippen LogP contribution < -0.4 is 20.1 Å². The highest BCUT2D eigenvalue weighted by Gasteiger charge is 2.31. The molecule has 0 radical (unpaired) electrons. The van der Waals surface area contributed by atoms with Crippen LogP contribution in [-0.2, 0) is 6.18 Å². The molecular weight excluding hydrogens is 387 g/mol. The molecule has 0 unspecified atom stereocenters. The van der Waals surface area contributed by atoms with E-state index in [0.717, 1.165) is 12.3 Å². The highest BCUT2D eigenvalue weighted by atomic mass is 19.4. The summed E-state index contributed by atoms with van der Waals surface area (Å²) in [5.41, 5.74) is -0.144. The zero-order chi connectivity index (χ0) is 20.9. The van der Waals surface area contributed by atoms with Crippen molar-refractivity contribution in [1.29, 1.82) is 0 Å². The predicted octanol–water partition coefficient (Wildman–Crippen LogP) is 4.62. The number of nitrogens with one attached hydrogen (secondary N) is 2. The fraction of sp³-hybridized carbons (Fsp3) is 0.400. The van der Waals surface area contributed by atoms with Crippen LogP contribution in [0.5, 0.6) is 11.6 Å². The summed E-state index contributed by atoms with van der Waals surface area (Å²) in [4.78, 5) is 15.9. The lowest BCUT2D eigenvalue weighted by Crippen LogP contribution is -2.41. The summed E-state index contributed by atoms with van der Waals surface area (Å²) in [6.45, 7) is 0. The van der Waals surface area contributed by atoms with Crippen LogP contribution in [0.15, 0.2) is 42.6 Å². The summed E-state index contributed by atoms with van der Waals surface area (Å²) in [5, 5.41) is 5.70.